The molecule has 0 unspecified atom stereocenters. The van der Waals surface area contributed by atoms with E-state index in [1.807, 2.05) is 35.2 Å². The first-order chi connectivity index (χ1) is 14.5. The second-order valence-electron chi connectivity index (χ2n) is 7.67. The third kappa shape index (κ3) is 3.85. The third-order valence-corrected chi connectivity index (χ3v) is 6.90. The molecule has 158 valence electrons. The number of aliphatic hydroxyl groups is 1. The average molecular weight is 428 g/mol. The van der Waals surface area contributed by atoms with Gasteiger partial charge in [0.1, 0.15) is 11.5 Å². The van der Waals surface area contributed by atoms with Gasteiger partial charge in [0.25, 0.3) is 5.91 Å². The van der Waals surface area contributed by atoms with Crippen LogP contribution in [0.15, 0.2) is 30.3 Å². The Morgan fingerprint density at radius 2 is 1.93 bits per heavy atom. The van der Waals surface area contributed by atoms with Gasteiger partial charge in [0.15, 0.2) is 0 Å². The van der Waals surface area contributed by atoms with Crippen molar-refractivity contribution in [2.75, 3.05) is 38.2 Å². The Kier molecular flexibility index (Phi) is 5.87. The normalized spacial score (nSPS) is 16.4. The average Bonchev–Trinajstić information content (AvgIpc) is 3.10. The number of rotatable bonds is 5. The van der Waals surface area contributed by atoms with Crippen LogP contribution in [0.1, 0.15) is 32.8 Å². The molecule has 2 aliphatic heterocycles. The van der Waals surface area contributed by atoms with Crippen LogP contribution in [0.5, 0.6) is 0 Å². The lowest BCUT2D eigenvalue weighted by atomic mass is 10.0. The number of hydrogen-bond donors (Lipinski definition) is 1. The summed E-state index contributed by atoms with van der Waals surface area (Å²) >= 11 is 1.40. The number of β-amino-alcohol motifs (C(OH)–C–C–N with tert-alkyl or cyclic N) is 1. The van der Waals surface area contributed by atoms with E-state index < -0.39 is 0 Å². The molecule has 1 aromatic carbocycles. The molecule has 0 spiro atoms. The predicted molar refractivity (Wildman–Crippen MR) is 115 cm³/mol. The Morgan fingerprint density at radius 3 is 2.67 bits per heavy atom. The number of fused-ring (bicyclic) bond motifs is 3. The van der Waals surface area contributed by atoms with E-state index in [4.69, 9.17) is 0 Å². The van der Waals surface area contributed by atoms with Crippen LogP contribution in [0, 0.1) is 0 Å². The van der Waals surface area contributed by atoms with Gasteiger partial charge in [-0.2, -0.15) is 0 Å². The minimum absolute atomic E-state index is 0.000889. The van der Waals surface area contributed by atoms with E-state index in [0.29, 0.717) is 42.9 Å². The molecule has 1 aromatic heterocycles. The van der Waals surface area contributed by atoms with Gasteiger partial charge in [0, 0.05) is 31.4 Å². The number of hydrogen-bond acceptors (Lipinski definition) is 5. The van der Waals surface area contributed by atoms with Gasteiger partial charge in [0.2, 0.25) is 11.8 Å². The maximum atomic E-state index is 13.0. The number of likely N-dealkylation sites (N-methyl/N-ethyl adjacent to an activating group) is 1. The summed E-state index contributed by atoms with van der Waals surface area (Å²) in [5.41, 5.74) is 2.64. The number of aryl methyl sites for hydroxylation is 1. The number of anilines is 1. The fourth-order valence-corrected chi connectivity index (χ4v) is 5.45. The molecule has 8 heteroatoms. The summed E-state index contributed by atoms with van der Waals surface area (Å²) in [4.78, 5) is 44.1. The quantitative estimate of drug-likeness (QED) is 0.787. The van der Waals surface area contributed by atoms with Gasteiger partial charge in [-0.15, -0.1) is 11.3 Å². The monoisotopic (exact) mass is 427 g/mol. The molecule has 0 saturated carbocycles. The summed E-state index contributed by atoms with van der Waals surface area (Å²) < 4.78 is 0. The van der Waals surface area contributed by atoms with Crippen molar-refractivity contribution in [2.24, 2.45) is 0 Å². The highest BCUT2D eigenvalue weighted by molar-refractivity contribution is 7.17. The maximum absolute atomic E-state index is 13.0. The number of benzene rings is 1. The number of amides is 3. The number of thiophene rings is 1. The van der Waals surface area contributed by atoms with E-state index in [-0.39, 0.29) is 37.4 Å². The van der Waals surface area contributed by atoms with Crippen LogP contribution in [0.2, 0.25) is 0 Å². The zero-order valence-electron chi connectivity index (χ0n) is 17.0. The first kappa shape index (κ1) is 20.6. The lowest BCUT2D eigenvalue weighted by molar-refractivity contribution is -0.132. The topological polar surface area (TPSA) is 81.2 Å². The molecule has 7 nitrogen and oxygen atoms in total. The molecule has 2 aromatic rings. The number of aliphatic hydroxyl groups excluding tert-OH is 1. The Balaban J connectivity index is 1.55. The van der Waals surface area contributed by atoms with Crippen molar-refractivity contribution in [1.29, 1.82) is 0 Å². The largest absolute Gasteiger partial charge is 0.395 e. The second kappa shape index (κ2) is 8.57. The Hall–Kier alpha value is -2.71. The minimum atomic E-state index is -0.201. The molecule has 1 N–H and O–H groups in total. The van der Waals surface area contributed by atoms with Crippen molar-refractivity contribution in [2.45, 2.75) is 25.8 Å². The summed E-state index contributed by atoms with van der Waals surface area (Å²) in [5.74, 6) is -0.270. The van der Waals surface area contributed by atoms with Crippen LogP contribution < -0.4 is 4.90 Å². The van der Waals surface area contributed by atoms with E-state index in [2.05, 4.69) is 0 Å². The molecule has 3 amide bonds. The van der Waals surface area contributed by atoms with Gasteiger partial charge in [0.05, 0.1) is 18.7 Å². The van der Waals surface area contributed by atoms with Crippen LogP contribution in [-0.4, -0.2) is 65.9 Å². The second-order valence-corrected chi connectivity index (χ2v) is 8.75. The Bertz CT molecular complexity index is 972. The Morgan fingerprint density at radius 1 is 1.17 bits per heavy atom. The number of carbonyl (C=O) groups is 3. The highest BCUT2D eigenvalue weighted by atomic mass is 32.1. The molecule has 3 heterocycles. The lowest BCUT2D eigenvalue weighted by Crippen LogP contribution is -2.39. The van der Waals surface area contributed by atoms with Gasteiger partial charge in [-0.1, -0.05) is 30.3 Å². The van der Waals surface area contributed by atoms with E-state index in [9.17, 15) is 19.5 Å². The summed E-state index contributed by atoms with van der Waals surface area (Å²) in [7, 11) is 1.62. The first-order valence-electron chi connectivity index (χ1n) is 10.1. The third-order valence-electron chi connectivity index (χ3n) is 5.66. The molecule has 0 aliphatic carbocycles. The van der Waals surface area contributed by atoms with Gasteiger partial charge >= 0.3 is 0 Å². The standard InChI is InChI=1S/C22H25N3O4S/c1-23-14-19(28)25(11-12-26)22-20(21(23)29)16-9-10-24(13-17(16)30-22)18(27)8-7-15-5-3-2-4-6-15/h2-6,26H,7-14H2,1H3. The highest BCUT2D eigenvalue weighted by Gasteiger charge is 2.37. The molecular formula is C22H25N3O4S. The molecule has 0 saturated heterocycles. The van der Waals surface area contributed by atoms with Crippen LogP contribution in [0.3, 0.4) is 0 Å². The van der Waals surface area contributed by atoms with Gasteiger partial charge in [-0.05, 0) is 24.0 Å². The summed E-state index contributed by atoms with van der Waals surface area (Å²) in [6.07, 6.45) is 1.74. The summed E-state index contributed by atoms with van der Waals surface area (Å²) in [6, 6.07) is 9.94. The number of nitrogens with zero attached hydrogens (tertiary/aromatic N) is 3. The smallest absolute Gasteiger partial charge is 0.257 e. The zero-order valence-corrected chi connectivity index (χ0v) is 17.8. The van der Waals surface area contributed by atoms with Crippen LogP contribution in [0.4, 0.5) is 5.00 Å². The van der Waals surface area contributed by atoms with Crippen molar-refractivity contribution < 1.29 is 19.5 Å². The molecule has 0 atom stereocenters. The number of carbonyl (C=O) groups excluding carboxylic acids is 3. The van der Waals surface area contributed by atoms with E-state index in [0.717, 1.165) is 16.0 Å². The fraction of sp³-hybridized carbons (Fsp3) is 0.409. The van der Waals surface area contributed by atoms with E-state index >= 15 is 0 Å². The van der Waals surface area contributed by atoms with Crippen molar-refractivity contribution in [3.63, 3.8) is 0 Å². The van der Waals surface area contributed by atoms with Crippen molar-refractivity contribution in [3.05, 3.63) is 51.9 Å². The van der Waals surface area contributed by atoms with Crippen molar-refractivity contribution in [1.82, 2.24) is 9.80 Å². The molecule has 30 heavy (non-hydrogen) atoms. The van der Waals surface area contributed by atoms with Gasteiger partial charge in [-0.3, -0.25) is 19.3 Å². The van der Waals surface area contributed by atoms with Gasteiger partial charge < -0.3 is 14.9 Å². The lowest BCUT2D eigenvalue weighted by Gasteiger charge is -2.27. The van der Waals surface area contributed by atoms with Crippen LogP contribution in [0.25, 0.3) is 0 Å². The Labute approximate surface area is 179 Å². The molecule has 0 fully saturated rings. The van der Waals surface area contributed by atoms with Crippen LogP contribution in [-0.2, 0) is 29.0 Å². The van der Waals surface area contributed by atoms with Crippen molar-refractivity contribution in [3.8, 4) is 0 Å². The first-order valence-corrected chi connectivity index (χ1v) is 10.9. The molecule has 0 bridgehead atoms. The van der Waals surface area contributed by atoms with E-state index in [1.54, 1.807) is 7.05 Å². The van der Waals surface area contributed by atoms with E-state index in [1.165, 1.54) is 21.1 Å². The summed E-state index contributed by atoms with van der Waals surface area (Å²) in [6.45, 7) is 1.01. The maximum Gasteiger partial charge on any atom is 0.257 e. The SMILES string of the molecule is CN1CC(=O)N(CCO)c2sc3c(c2C1=O)CCN(C(=O)CCc1ccccc1)C3. The van der Waals surface area contributed by atoms with Crippen molar-refractivity contribution >= 4 is 34.1 Å². The molecule has 2 aliphatic rings. The zero-order chi connectivity index (χ0) is 21.3. The van der Waals surface area contributed by atoms with Crippen LogP contribution >= 0.6 is 11.3 Å². The summed E-state index contributed by atoms with van der Waals surface area (Å²) in [5, 5.41) is 10.0. The fourth-order valence-electron chi connectivity index (χ4n) is 4.06. The molecule has 0 radical (unpaired) electrons. The molecule has 4 rings (SSSR count). The molecular weight excluding hydrogens is 402 g/mol. The highest BCUT2D eigenvalue weighted by Crippen LogP contribution is 2.41. The minimum Gasteiger partial charge on any atom is -0.395 e. The predicted octanol–water partition coefficient (Wildman–Crippen LogP) is 1.68. The van der Waals surface area contributed by atoms with Gasteiger partial charge in [-0.25, -0.2) is 0 Å².